The largest absolute Gasteiger partial charge is 0.463 e. The molecule has 2 N–H and O–H groups in total. The van der Waals surface area contributed by atoms with Crippen LogP contribution in [0.3, 0.4) is 0 Å². The Labute approximate surface area is 146 Å². The third-order valence-electron chi connectivity index (χ3n) is 3.70. The lowest BCUT2D eigenvalue weighted by Crippen LogP contribution is -2.37. The molecule has 0 aromatic carbocycles. The maximum Gasteiger partial charge on any atom is 0.323 e. The van der Waals surface area contributed by atoms with Gasteiger partial charge in [-0.3, -0.25) is 4.79 Å². The number of ether oxygens (including phenoxy) is 2. The van der Waals surface area contributed by atoms with Crippen LogP contribution in [0.4, 0.5) is 0 Å². The summed E-state index contributed by atoms with van der Waals surface area (Å²) in [6, 6.07) is 3.11. The first kappa shape index (κ1) is 19.5. The summed E-state index contributed by atoms with van der Waals surface area (Å²) in [6.45, 7) is 7.03. The molecule has 0 spiro atoms. The highest BCUT2D eigenvalue weighted by atomic mass is 17.2. The van der Waals surface area contributed by atoms with E-state index in [1.807, 2.05) is 37.5 Å². The van der Waals surface area contributed by atoms with Crippen LogP contribution < -0.4 is 5.73 Å². The molecule has 0 radical (unpaired) electrons. The quantitative estimate of drug-likeness (QED) is 0.286. The van der Waals surface area contributed by atoms with Crippen LogP contribution in [0.5, 0.6) is 0 Å². The molecule has 2 aromatic heterocycles. The molecule has 0 aliphatic heterocycles. The number of nitrogens with two attached hydrogens (primary N) is 1. The first-order valence-corrected chi connectivity index (χ1v) is 8.34. The molecule has 1 unspecified atom stereocenters. The van der Waals surface area contributed by atoms with Crippen molar-refractivity contribution in [1.82, 2.24) is 4.57 Å². The first-order valence-electron chi connectivity index (χ1n) is 8.34. The van der Waals surface area contributed by atoms with E-state index in [4.69, 9.17) is 29.4 Å². The molecular weight excluding hydrogens is 328 g/mol. The molecule has 140 valence electrons. The van der Waals surface area contributed by atoms with E-state index in [2.05, 4.69) is 0 Å². The van der Waals surface area contributed by atoms with Gasteiger partial charge in [-0.15, -0.1) is 0 Å². The van der Waals surface area contributed by atoms with Crippen molar-refractivity contribution in [3.63, 3.8) is 0 Å². The van der Waals surface area contributed by atoms with Crippen molar-refractivity contribution in [3.8, 4) is 0 Å². The van der Waals surface area contributed by atoms with Gasteiger partial charge in [0.05, 0.1) is 30.7 Å². The first-order chi connectivity index (χ1) is 12.0. The molecule has 0 aliphatic carbocycles. The second kappa shape index (κ2) is 9.57. The van der Waals surface area contributed by atoms with Crippen molar-refractivity contribution >= 4 is 17.1 Å². The molecule has 0 aliphatic rings. The molecule has 0 fully saturated rings. The van der Waals surface area contributed by atoms with E-state index < -0.39 is 12.0 Å². The zero-order chi connectivity index (χ0) is 18.2. The van der Waals surface area contributed by atoms with Crippen LogP contribution in [0.1, 0.15) is 26.5 Å². The standard InChI is InChI=1S/C17H26N2O6/c1-4-24-25-10-13-9-15-14(5-6-22-15)19(13)11-21-7-8-23-17(20)16(18)12(2)3/h5-6,9,12,16H,4,7-8,10-11,18H2,1-3H3. The van der Waals surface area contributed by atoms with Gasteiger partial charge >= 0.3 is 5.97 Å². The van der Waals surface area contributed by atoms with Crippen LogP contribution in [-0.4, -0.2) is 36.4 Å². The normalized spacial score (nSPS) is 12.8. The number of esters is 1. The Balaban J connectivity index is 1.82. The van der Waals surface area contributed by atoms with Crippen molar-refractivity contribution in [3.05, 3.63) is 24.1 Å². The second-order valence-corrected chi connectivity index (χ2v) is 5.88. The van der Waals surface area contributed by atoms with Crippen molar-refractivity contribution in [1.29, 1.82) is 0 Å². The van der Waals surface area contributed by atoms with Gasteiger partial charge in [0.15, 0.2) is 5.58 Å². The van der Waals surface area contributed by atoms with Crippen LogP contribution in [0, 0.1) is 5.92 Å². The number of aromatic nitrogens is 1. The van der Waals surface area contributed by atoms with Crippen molar-refractivity contribution in [2.45, 2.75) is 40.2 Å². The fourth-order valence-corrected chi connectivity index (χ4v) is 2.21. The number of furan rings is 1. The average Bonchev–Trinajstić information content (AvgIpc) is 3.16. The molecule has 1 atom stereocenters. The maximum absolute atomic E-state index is 11.7. The molecule has 25 heavy (non-hydrogen) atoms. The fourth-order valence-electron chi connectivity index (χ4n) is 2.21. The zero-order valence-corrected chi connectivity index (χ0v) is 14.9. The van der Waals surface area contributed by atoms with Gasteiger partial charge in [-0.2, -0.15) is 0 Å². The van der Waals surface area contributed by atoms with E-state index in [9.17, 15) is 4.79 Å². The Hall–Kier alpha value is -1.87. The minimum absolute atomic E-state index is 0.0376. The predicted octanol–water partition coefficient (Wildman–Crippen LogP) is 2.20. The minimum atomic E-state index is -0.614. The Morgan fingerprint density at radius 2 is 2.12 bits per heavy atom. The summed E-state index contributed by atoms with van der Waals surface area (Å²) in [6.07, 6.45) is 1.61. The van der Waals surface area contributed by atoms with Crippen molar-refractivity contribution in [2.24, 2.45) is 11.7 Å². The Bertz CT molecular complexity index is 663. The minimum Gasteiger partial charge on any atom is -0.463 e. The van der Waals surface area contributed by atoms with Gasteiger partial charge in [0.1, 0.15) is 26.0 Å². The number of rotatable bonds is 11. The second-order valence-electron chi connectivity index (χ2n) is 5.88. The summed E-state index contributed by atoms with van der Waals surface area (Å²) in [5, 5.41) is 0. The zero-order valence-electron chi connectivity index (χ0n) is 14.9. The molecule has 0 saturated heterocycles. The molecule has 8 nitrogen and oxygen atoms in total. The summed E-state index contributed by atoms with van der Waals surface area (Å²) in [5.74, 6) is -0.377. The van der Waals surface area contributed by atoms with Gasteiger partial charge in [0.2, 0.25) is 0 Å². The average molecular weight is 354 g/mol. The molecule has 0 saturated carbocycles. The van der Waals surface area contributed by atoms with Gasteiger partial charge in [0, 0.05) is 12.1 Å². The van der Waals surface area contributed by atoms with Gasteiger partial charge in [-0.1, -0.05) is 13.8 Å². The number of carbonyl (C=O) groups is 1. The van der Waals surface area contributed by atoms with Gasteiger partial charge in [0.25, 0.3) is 0 Å². The molecule has 0 amide bonds. The maximum atomic E-state index is 11.7. The van der Waals surface area contributed by atoms with Crippen LogP contribution in [-0.2, 0) is 37.4 Å². The molecule has 2 aromatic rings. The lowest BCUT2D eigenvalue weighted by atomic mass is 10.1. The van der Waals surface area contributed by atoms with Crippen LogP contribution >= 0.6 is 0 Å². The molecule has 0 bridgehead atoms. The van der Waals surface area contributed by atoms with Crippen molar-refractivity contribution in [2.75, 3.05) is 19.8 Å². The van der Waals surface area contributed by atoms with Gasteiger partial charge < -0.3 is 24.2 Å². The summed E-state index contributed by atoms with van der Waals surface area (Å²) < 4.78 is 18.0. The summed E-state index contributed by atoms with van der Waals surface area (Å²) >= 11 is 0. The SMILES string of the molecule is CCOOCc1cc2occc2n1COCCOC(=O)C(N)C(C)C. The van der Waals surface area contributed by atoms with E-state index in [-0.39, 0.29) is 32.5 Å². The predicted molar refractivity (Wildman–Crippen MR) is 90.3 cm³/mol. The van der Waals surface area contributed by atoms with Crippen LogP contribution in [0.15, 0.2) is 22.8 Å². The number of nitrogens with zero attached hydrogens (tertiary/aromatic N) is 1. The molecule has 2 rings (SSSR count). The highest BCUT2D eigenvalue weighted by Crippen LogP contribution is 2.21. The van der Waals surface area contributed by atoms with Gasteiger partial charge in [-0.25, -0.2) is 9.78 Å². The highest BCUT2D eigenvalue weighted by molar-refractivity contribution is 5.76. The third kappa shape index (κ3) is 5.30. The Morgan fingerprint density at radius 1 is 1.32 bits per heavy atom. The summed E-state index contributed by atoms with van der Waals surface area (Å²) in [4.78, 5) is 21.7. The third-order valence-corrected chi connectivity index (χ3v) is 3.70. The fraction of sp³-hybridized carbons (Fsp3) is 0.588. The monoisotopic (exact) mass is 354 g/mol. The van der Waals surface area contributed by atoms with E-state index in [0.717, 1.165) is 16.8 Å². The van der Waals surface area contributed by atoms with Gasteiger partial charge in [-0.05, 0) is 12.8 Å². The highest BCUT2D eigenvalue weighted by Gasteiger charge is 2.18. The molecule has 2 heterocycles. The van der Waals surface area contributed by atoms with E-state index in [0.29, 0.717) is 6.61 Å². The van der Waals surface area contributed by atoms with E-state index in [1.165, 1.54) is 0 Å². The van der Waals surface area contributed by atoms with E-state index in [1.54, 1.807) is 6.26 Å². The number of hydrogen-bond acceptors (Lipinski definition) is 7. The Kier molecular flexibility index (Phi) is 7.45. The lowest BCUT2D eigenvalue weighted by Gasteiger charge is -2.15. The molecule has 8 heteroatoms. The van der Waals surface area contributed by atoms with Crippen LogP contribution in [0.25, 0.3) is 11.1 Å². The molecular formula is C17H26N2O6. The number of carbonyl (C=O) groups excluding carboxylic acids is 1. The van der Waals surface area contributed by atoms with Crippen LogP contribution in [0.2, 0.25) is 0 Å². The van der Waals surface area contributed by atoms with Crippen molar-refractivity contribution < 1.29 is 28.5 Å². The Morgan fingerprint density at radius 3 is 2.84 bits per heavy atom. The topological polar surface area (TPSA) is 98.1 Å². The number of fused-ring (bicyclic) bond motifs is 1. The van der Waals surface area contributed by atoms with E-state index >= 15 is 0 Å². The lowest BCUT2D eigenvalue weighted by molar-refractivity contribution is -0.301. The number of hydrogen-bond donors (Lipinski definition) is 1. The summed E-state index contributed by atoms with van der Waals surface area (Å²) in [5.41, 5.74) is 8.23. The smallest absolute Gasteiger partial charge is 0.323 e. The summed E-state index contributed by atoms with van der Waals surface area (Å²) in [7, 11) is 0.